The number of hydrogen-bond donors (Lipinski definition) is 0. The van der Waals surface area contributed by atoms with Crippen molar-refractivity contribution in [1.29, 1.82) is 0 Å². The van der Waals surface area contributed by atoms with Crippen LogP contribution < -0.4 is 10.5 Å². The number of rotatable bonds is 4. The molecule has 1 aromatic carbocycles. The molecule has 0 N–H and O–H groups in total. The molecule has 0 unspecified atom stereocenters. The highest BCUT2D eigenvalue weighted by Gasteiger charge is 2.10. The maximum absolute atomic E-state index is 11.9. The highest BCUT2D eigenvalue weighted by atomic mass is 16.4. The van der Waals surface area contributed by atoms with E-state index < -0.39 is 0 Å². The van der Waals surface area contributed by atoms with Gasteiger partial charge in [0.15, 0.2) is 0 Å². The van der Waals surface area contributed by atoms with Crippen molar-refractivity contribution in [1.82, 2.24) is 0 Å². The molecule has 0 aliphatic carbocycles. The molecule has 1 aromatic heterocycles. The van der Waals surface area contributed by atoms with Crippen molar-refractivity contribution in [3.8, 4) is 0 Å². The van der Waals surface area contributed by atoms with Crippen LogP contribution in [0.5, 0.6) is 0 Å². The predicted octanol–water partition coefficient (Wildman–Crippen LogP) is 3.76. The van der Waals surface area contributed by atoms with E-state index in [1.165, 1.54) is 0 Å². The molecule has 0 aliphatic rings. The van der Waals surface area contributed by atoms with E-state index in [4.69, 9.17) is 4.42 Å². The second-order valence-corrected chi connectivity index (χ2v) is 5.04. The Morgan fingerprint density at radius 3 is 2.42 bits per heavy atom. The van der Waals surface area contributed by atoms with Crippen LogP contribution in [0.4, 0.5) is 5.69 Å². The summed E-state index contributed by atoms with van der Waals surface area (Å²) in [5.74, 6) is 0.183. The Morgan fingerprint density at radius 1 is 1.16 bits per heavy atom. The second-order valence-electron chi connectivity index (χ2n) is 5.04. The van der Waals surface area contributed by atoms with Crippen LogP contribution in [-0.2, 0) is 0 Å². The number of benzene rings is 1. The Balaban J connectivity index is 2.56. The van der Waals surface area contributed by atoms with E-state index in [0.717, 1.165) is 29.7 Å². The average molecular weight is 259 g/mol. The molecule has 0 spiro atoms. The number of anilines is 1. The van der Waals surface area contributed by atoms with Crippen molar-refractivity contribution in [2.75, 3.05) is 18.0 Å². The SMILES string of the molecule is CCN(CC)c1ccc2cc(C(C)C)c(=O)oc2c1. The van der Waals surface area contributed by atoms with Crippen molar-refractivity contribution in [2.24, 2.45) is 0 Å². The highest BCUT2D eigenvalue weighted by molar-refractivity contribution is 5.81. The molecule has 0 saturated heterocycles. The average Bonchev–Trinajstić information content (AvgIpc) is 2.38. The van der Waals surface area contributed by atoms with Crippen molar-refractivity contribution >= 4 is 16.7 Å². The third-order valence-electron chi connectivity index (χ3n) is 3.50. The minimum Gasteiger partial charge on any atom is -0.422 e. The fraction of sp³-hybridized carbons (Fsp3) is 0.438. The molecular weight excluding hydrogens is 238 g/mol. The van der Waals surface area contributed by atoms with Crippen LogP contribution in [0, 0.1) is 0 Å². The first-order valence-corrected chi connectivity index (χ1v) is 6.89. The largest absolute Gasteiger partial charge is 0.422 e. The van der Waals surface area contributed by atoms with Gasteiger partial charge in [0.25, 0.3) is 0 Å². The Bertz CT molecular complexity index is 624. The Kier molecular flexibility index (Phi) is 3.93. The lowest BCUT2D eigenvalue weighted by molar-refractivity contribution is 0.544. The van der Waals surface area contributed by atoms with Crippen molar-refractivity contribution in [3.63, 3.8) is 0 Å². The van der Waals surface area contributed by atoms with Gasteiger partial charge in [0.05, 0.1) is 0 Å². The van der Waals surface area contributed by atoms with Gasteiger partial charge < -0.3 is 9.32 Å². The first-order valence-electron chi connectivity index (χ1n) is 6.89. The number of hydrogen-bond acceptors (Lipinski definition) is 3. The molecule has 2 rings (SSSR count). The van der Waals surface area contributed by atoms with Crippen LogP contribution in [0.2, 0.25) is 0 Å². The zero-order valence-electron chi connectivity index (χ0n) is 12.1. The molecular formula is C16H21NO2. The minimum absolute atomic E-state index is 0.183. The van der Waals surface area contributed by atoms with Gasteiger partial charge in [-0.3, -0.25) is 0 Å². The first kappa shape index (κ1) is 13.7. The normalized spacial score (nSPS) is 11.2. The molecule has 0 aliphatic heterocycles. The van der Waals surface area contributed by atoms with Gasteiger partial charge in [0, 0.05) is 35.8 Å². The van der Waals surface area contributed by atoms with Gasteiger partial charge in [0.1, 0.15) is 5.58 Å². The smallest absolute Gasteiger partial charge is 0.339 e. The molecule has 0 atom stereocenters. The highest BCUT2D eigenvalue weighted by Crippen LogP contribution is 2.23. The molecule has 3 nitrogen and oxygen atoms in total. The van der Waals surface area contributed by atoms with Crippen molar-refractivity contribution in [3.05, 3.63) is 40.2 Å². The summed E-state index contributed by atoms with van der Waals surface area (Å²) in [7, 11) is 0. The van der Waals surface area contributed by atoms with E-state index in [-0.39, 0.29) is 11.5 Å². The summed E-state index contributed by atoms with van der Waals surface area (Å²) in [6.45, 7) is 10.1. The van der Waals surface area contributed by atoms with Crippen LogP contribution in [0.1, 0.15) is 39.2 Å². The van der Waals surface area contributed by atoms with Gasteiger partial charge in [-0.2, -0.15) is 0 Å². The lowest BCUT2D eigenvalue weighted by Crippen LogP contribution is -2.21. The van der Waals surface area contributed by atoms with Crippen LogP contribution in [0.3, 0.4) is 0 Å². The molecule has 102 valence electrons. The molecule has 1 heterocycles. The Morgan fingerprint density at radius 2 is 1.84 bits per heavy atom. The number of fused-ring (bicyclic) bond motifs is 1. The van der Waals surface area contributed by atoms with Crippen molar-refractivity contribution in [2.45, 2.75) is 33.6 Å². The quantitative estimate of drug-likeness (QED) is 0.784. The zero-order valence-corrected chi connectivity index (χ0v) is 12.1. The fourth-order valence-electron chi connectivity index (χ4n) is 2.30. The maximum atomic E-state index is 11.9. The number of nitrogens with zero attached hydrogens (tertiary/aromatic N) is 1. The van der Waals surface area contributed by atoms with E-state index in [2.05, 4.69) is 24.8 Å². The Labute approximate surface area is 113 Å². The van der Waals surface area contributed by atoms with Gasteiger partial charge in [-0.05, 0) is 38.0 Å². The topological polar surface area (TPSA) is 33.5 Å². The summed E-state index contributed by atoms with van der Waals surface area (Å²) in [6, 6.07) is 8.00. The van der Waals surface area contributed by atoms with Crippen molar-refractivity contribution < 1.29 is 4.42 Å². The van der Waals surface area contributed by atoms with Gasteiger partial charge >= 0.3 is 5.63 Å². The van der Waals surface area contributed by atoms with Gasteiger partial charge in [0.2, 0.25) is 0 Å². The van der Waals surface area contributed by atoms with Gasteiger partial charge in [-0.15, -0.1) is 0 Å². The molecule has 0 radical (unpaired) electrons. The molecule has 0 saturated carbocycles. The molecule has 19 heavy (non-hydrogen) atoms. The molecule has 0 bridgehead atoms. The van der Waals surface area contributed by atoms with Gasteiger partial charge in [-0.1, -0.05) is 13.8 Å². The Hall–Kier alpha value is -1.77. The summed E-state index contributed by atoms with van der Waals surface area (Å²) in [4.78, 5) is 14.1. The standard InChI is InChI=1S/C16H21NO2/c1-5-17(6-2)13-8-7-12-9-14(11(3)4)16(18)19-15(12)10-13/h7-11H,5-6H2,1-4H3. The van der Waals surface area contributed by atoms with Crippen LogP contribution >= 0.6 is 0 Å². The molecule has 3 heteroatoms. The van der Waals surface area contributed by atoms with Crippen LogP contribution in [-0.4, -0.2) is 13.1 Å². The predicted molar refractivity (Wildman–Crippen MR) is 80.1 cm³/mol. The monoisotopic (exact) mass is 259 g/mol. The first-order chi connectivity index (χ1) is 9.06. The lowest BCUT2D eigenvalue weighted by atomic mass is 10.0. The lowest BCUT2D eigenvalue weighted by Gasteiger charge is -2.21. The van der Waals surface area contributed by atoms with E-state index in [9.17, 15) is 4.79 Å². The fourth-order valence-corrected chi connectivity index (χ4v) is 2.30. The van der Waals surface area contributed by atoms with Crippen LogP contribution in [0.25, 0.3) is 11.0 Å². The van der Waals surface area contributed by atoms with E-state index in [1.807, 2.05) is 32.0 Å². The third-order valence-corrected chi connectivity index (χ3v) is 3.50. The molecule has 0 amide bonds. The molecule has 2 aromatic rings. The van der Waals surface area contributed by atoms with E-state index in [1.54, 1.807) is 0 Å². The summed E-state index contributed by atoms with van der Waals surface area (Å²) >= 11 is 0. The van der Waals surface area contributed by atoms with Crippen LogP contribution in [0.15, 0.2) is 33.5 Å². The maximum Gasteiger partial charge on any atom is 0.339 e. The second kappa shape index (κ2) is 5.47. The third kappa shape index (κ3) is 2.65. The zero-order chi connectivity index (χ0) is 14.0. The summed E-state index contributed by atoms with van der Waals surface area (Å²) in [6.07, 6.45) is 0. The van der Waals surface area contributed by atoms with E-state index in [0.29, 0.717) is 5.58 Å². The molecule has 0 fully saturated rings. The summed E-state index contributed by atoms with van der Waals surface area (Å²) in [5.41, 5.74) is 2.28. The summed E-state index contributed by atoms with van der Waals surface area (Å²) in [5, 5.41) is 0.985. The van der Waals surface area contributed by atoms with E-state index >= 15 is 0 Å². The summed E-state index contributed by atoms with van der Waals surface area (Å²) < 4.78 is 5.45. The minimum atomic E-state index is -0.223. The van der Waals surface area contributed by atoms with Gasteiger partial charge in [-0.25, -0.2) is 4.79 Å².